The van der Waals surface area contributed by atoms with Gasteiger partial charge in [-0.2, -0.15) is 0 Å². The highest BCUT2D eigenvalue weighted by Gasteiger charge is 2.35. The number of amides is 1. The van der Waals surface area contributed by atoms with Gasteiger partial charge >= 0.3 is 0 Å². The van der Waals surface area contributed by atoms with Gasteiger partial charge in [-0.05, 0) is 24.4 Å². The summed E-state index contributed by atoms with van der Waals surface area (Å²) in [6, 6.07) is 1.22. The van der Waals surface area contributed by atoms with Crippen molar-refractivity contribution in [2.45, 2.75) is 13.3 Å². The molecule has 1 aromatic rings. The third-order valence-corrected chi connectivity index (χ3v) is 3.29. The zero-order valence-corrected chi connectivity index (χ0v) is 9.82. The van der Waals surface area contributed by atoms with Crippen LogP contribution in [0.15, 0.2) is 18.5 Å². The third kappa shape index (κ3) is 2.44. The number of carbonyl (C=O) groups excluding carboxylic acids is 1. The standard InChI is InChI=1S/C12H16FN3O/c1-12(7-14)2-3-16(8-12)11(17)9-4-10(13)6-15-5-9/h4-6H,2-3,7-8,14H2,1H3. The number of hydrogen-bond acceptors (Lipinski definition) is 3. The second-order valence-corrected chi connectivity index (χ2v) is 4.88. The van der Waals surface area contributed by atoms with E-state index in [4.69, 9.17) is 5.73 Å². The molecule has 0 saturated carbocycles. The fourth-order valence-electron chi connectivity index (χ4n) is 2.08. The van der Waals surface area contributed by atoms with E-state index in [0.29, 0.717) is 25.2 Å². The summed E-state index contributed by atoms with van der Waals surface area (Å²) in [5.74, 6) is -0.661. The minimum atomic E-state index is -0.489. The van der Waals surface area contributed by atoms with Crippen molar-refractivity contribution < 1.29 is 9.18 Å². The largest absolute Gasteiger partial charge is 0.338 e. The van der Waals surface area contributed by atoms with Crippen molar-refractivity contribution in [3.8, 4) is 0 Å². The lowest BCUT2D eigenvalue weighted by molar-refractivity contribution is 0.0776. The van der Waals surface area contributed by atoms with Gasteiger partial charge in [-0.25, -0.2) is 4.39 Å². The Hall–Kier alpha value is -1.49. The van der Waals surface area contributed by atoms with Crippen LogP contribution in [0.4, 0.5) is 4.39 Å². The summed E-state index contributed by atoms with van der Waals surface area (Å²) in [6.07, 6.45) is 3.37. The average Bonchev–Trinajstić information content (AvgIpc) is 2.72. The van der Waals surface area contributed by atoms with Crippen LogP contribution in [-0.2, 0) is 0 Å². The molecule has 4 nitrogen and oxygen atoms in total. The van der Waals surface area contributed by atoms with E-state index in [0.717, 1.165) is 12.6 Å². The van der Waals surface area contributed by atoms with E-state index in [-0.39, 0.29) is 11.3 Å². The molecule has 0 aromatic carbocycles. The SMILES string of the molecule is CC1(CN)CCN(C(=O)c2cncc(F)c2)C1. The Morgan fingerprint density at radius 1 is 1.65 bits per heavy atom. The van der Waals surface area contributed by atoms with Crippen molar-refractivity contribution in [3.63, 3.8) is 0 Å². The number of likely N-dealkylation sites (tertiary alicyclic amines) is 1. The molecule has 2 heterocycles. The number of aromatic nitrogens is 1. The highest BCUT2D eigenvalue weighted by atomic mass is 19.1. The normalized spacial score (nSPS) is 24.1. The van der Waals surface area contributed by atoms with Gasteiger partial charge in [0.05, 0.1) is 11.8 Å². The highest BCUT2D eigenvalue weighted by Crippen LogP contribution is 2.29. The van der Waals surface area contributed by atoms with Gasteiger partial charge < -0.3 is 10.6 Å². The van der Waals surface area contributed by atoms with Gasteiger partial charge in [-0.15, -0.1) is 0 Å². The van der Waals surface area contributed by atoms with E-state index >= 15 is 0 Å². The molecular formula is C12H16FN3O. The van der Waals surface area contributed by atoms with Crippen LogP contribution in [-0.4, -0.2) is 35.4 Å². The molecule has 0 radical (unpaired) electrons. The molecular weight excluding hydrogens is 221 g/mol. The number of halogens is 1. The minimum Gasteiger partial charge on any atom is -0.338 e. The van der Waals surface area contributed by atoms with Gasteiger partial charge in [0, 0.05) is 19.3 Å². The predicted octanol–water partition coefficient (Wildman–Crippen LogP) is 1.03. The van der Waals surface area contributed by atoms with Gasteiger partial charge in [-0.1, -0.05) is 6.92 Å². The lowest BCUT2D eigenvalue weighted by Crippen LogP contribution is -2.34. The van der Waals surface area contributed by atoms with Crippen molar-refractivity contribution >= 4 is 5.91 Å². The molecule has 1 saturated heterocycles. The molecule has 1 aromatic heterocycles. The number of nitrogens with two attached hydrogens (primary N) is 1. The molecule has 1 aliphatic heterocycles. The van der Waals surface area contributed by atoms with Gasteiger partial charge in [0.1, 0.15) is 5.82 Å². The molecule has 1 atom stereocenters. The van der Waals surface area contributed by atoms with Crippen molar-refractivity contribution in [2.75, 3.05) is 19.6 Å². The van der Waals surface area contributed by atoms with Crippen LogP contribution < -0.4 is 5.73 Å². The Morgan fingerprint density at radius 2 is 2.41 bits per heavy atom. The Bertz CT molecular complexity index is 438. The number of carbonyl (C=O) groups is 1. The molecule has 0 aliphatic carbocycles. The van der Waals surface area contributed by atoms with E-state index < -0.39 is 5.82 Å². The molecule has 2 rings (SSSR count). The fraction of sp³-hybridized carbons (Fsp3) is 0.500. The monoisotopic (exact) mass is 237 g/mol. The first-order valence-electron chi connectivity index (χ1n) is 5.64. The first kappa shape index (κ1) is 12.0. The maximum atomic E-state index is 13.0. The van der Waals surface area contributed by atoms with Crippen LogP contribution in [0.1, 0.15) is 23.7 Å². The Morgan fingerprint density at radius 3 is 3.00 bits per heavy atom. The second-order valence-electron chi connectivity index (χ2n) is 4.88. The van der Waals surface area contributed by atoms with Crippen LogP contribution in [0.5, 0.6) is 0 Å². The first-order chi connectivity index (χ1) is 8.04. The maximum absolute atomic E-state index is 13.0. The van der Waals surface area contributed by atoms with E-state index in [2.05, 4.69) is 11.9 Å². The summed E-state index contributed by atoms with van der Waals surface area (Å²) in [5.41, 5.74) is 5.96. The van der Waals surface area contributed by atoms with E-state index in [9.17, 15) is 9.18 Å². The van der Waals surface area contributed by atoms with Crippen LogP contribution >= 0.6 is 0 Å². The average molecular weight is 237 g/mol. The van der Waals surface area contributed by atoms with Gasteiger partial charge in [0.15, 0.2) is 0 Å². The molecule has 92 valence electrons. The minimum absolute atomic E-state index is 0.0174. The van der Waals surface area contributed by atoms with Crippen molar-refractivity contribution in [2.24, 2.45) is 11.1 Å². The molecule has 0 spiro atoms. The summed E-state index contributed by atoms with van der Waals surface area (Å²) >= 11 is 0. The van der Waals surface area contributed by atoms with Crippen LogP contribution in [0.2, 0.25) is 0 Å². The summed E-state index contributed by atoms with van der Waals surface area (Å²) in [4.78, 5) is 17.5. The second kappa shape index (κ2) is 4.41. The van der Waals surface area contributed by atoms with Crippen molar-refractivity contribution in [1.29, 1.82) is 0 Å². The summed E-state index contributed by atoms with van der Waals surface area (Å²) in [7, 11) is 0. The van der Waals surface area contributed by atoms with E-state index in [1.807, 2.05) is 0 Å². The van der Waals surface area contributed by atoms with Crippen molar-refractivity contribution in [1.82, 2.24) is 9.88 Å². The molecule has 5 heteroatoms. The van der Waals surface area contributed by atoms with Gasteiger partial charge in [0.2, 0.25) is 0 Å². The van der Waals surface area contributed by atoms with Crippen LogP contribution in [0, 0.1) is 11.2 Å². The molecule has 1 amide bonds. The van der Waals surface area contributed by atoms with Crippen LogP contribution in [0.25, 0.3) is 0 Å². The maximum Gasteiger partial charge on any atom is 0.255 e. The van der Waals surface area contributed by atoms with Gasteiger partial charge in [-0.3, -0.25) is 9.78 Å². The fourth-order valence-corrected chi connectivity index (χ4v) is 2.08. The molecule has 1 aliphatic rings. The van der Waals surface area contributed by atoms with Crippen molar-refractivity contribution in [3.05, 3.63) is 29.8 Å². The third-order valence-electron chi connectivity index (χ3n) is 3.29. The molecule has 1 unspecified atom stereocenters. The van der Waals surface area contributed by atoms with E-state index in [1.54, 1.807) is 4.90 Å². The van der Waals surface area contributed by atoms with Gasteiger partial charge in [0.25, 0.3) is 5.91 Å². The Labute approximate surface area is 99.6 Å². The molecule has 2 N–H and O–H groups in total. The lowest BCUT2D eigenvalue weighted by atomic mass is 9.90. The Balaban J connectivity index is 2.12. The van der Waals surface area contributed by atoms with Crippen LogP contribution in [0.3, 0.4) is 0 Å². The first-order valence-corrected chi connectivity index (χ1v) is 5.64. The summed E-state index contributed by atoms with van der Waals surface area (Å²) in [6.45, 7) is 3.91. The smallest absolute Gasteiger partial charge is 0.255 e. The molecule has 1 fully saturated rings. The topological polar surface area (TPSA) is 59.2 Å². The summed E-state index contributed by atoms with van der Waals surface area (Å²) in [5, 5.41) is 0. The molecule has 0 bridgehead atoms. The number of pyridine rings is 1. The Kier molecular flexibility index (Phi) is 3.11. The zero-order chi connectivity index (χ0) is 12.5. The summed E-state index contributed by atoms with van der Waals surface area (Å²) < 4.78 is 13.0. The number of rotatable bonds is 2. The number of nitrogens with zero attached hydrogens (tertiary/aromatic N) is 2. The number of hydrogen-bond donors (Lipinski definition) is 1. The van der Waals surface area contributed by atoms with E-state index in [1.165, 1.54) is 12.3 Å². The lowest BCUT2D eigenvalue weighted by Gasteiger charge is -2.22. The zero-order valence-electron chi connectivity index (χ0n) is 9.82. The quantitative estimate of drug-likeness (QED) is 0.835. The predicted molar refractivity (Wildman–Crippen MR) is 61.9 cm³/mol. The highest BCUT2D eigenvalue weighted by molar-refractivity contribution is 5.94. The molecule has 17 heavy (non-hydrogen) atoms.